The van der Waals surface area contributed by atoms with Crippen molar-refractivity contribution >= 4 is 17.9 Å². The zero-order chi connectivity index (χ0) is 24.6. The van der Waals surface area contributed by atoms with Crippen molar-refractivity contribution in [3.8, 4) is 11.5 Å². The first-order valence-electron chi connectivity index (χ1n) is 12.4. The molecule has 34 heavy (non-hydrogen) atoms. The molecule has 1 saturated heterocycles. The van der Waals surface area contributed by atoms with E-state index in [4.69, 9.17) is 14.2 Å². The molecule has 1 N–H and O–H groups in total. The second kappa shape index (κ2) is 16.1. The van der Waals surface area contributed by atoms with Gasteiger partial charge in [-0.1, -0.05) is 32.3 Å². The molecule has 1 fully saturated rings. The second-order valence-electron chi connectivity index (χ2n) is 8.42. The Morgan fingerprint density at radius 2 is 1.85 bits per heavy atom. The first-order chi connectivity index (χ1) is 16.5. The third kappa shape index (κ3) is 10.1. The molecule has 1 aromatic rings. The minimum Gasteiger partial charge on any atom is -0.493 e. The molecule has 2 rings (SSSR count). The molecule has 0 spiro atoms. The molecule has 1 aromatic carbocycles. The number of rotatable bonds is 15. The lowest BCUT2D eigenvalue weighted by atomic mass is 10.1. The van der Waals surface area contributed by atoms with Crippen LogP contribution in [-0.4, -0.2) is 73.5 Å². The van der Waals surface area contributed by atoms with Crippen molar-refractivity contribution < 1.29 is 29.0 Å². The fraction of sp³-hybridized carbons (Fsp3) is 0.615. The number of methoxy groups -OCH3 is 1. The van der Waals surface area contributed by atoms with Crippen molar-refractivity contribution in [2.24, 2.45) is 0 Å². The van der Waals surface area contributed by atoms with Gasteiger partial charge in [0.2, 0.25) is 5.91 Å². The highest BCUT2D eigenvalue weighted by atomic mass is 16.5. The van der Waals surface area contributed by atoms with Crippen LogP contribution in [0.1, 0.15) is 63.9 Å². The van der Waals surface area contributed by atoms with Gasteiger partial charge in [0.05, 0.1) is 26.9 Å². The summed E-state index contributed by atoms with van der Waals surface area (Å²) in [4.78, 5) is 26.1. The summed E-state index contributed by atoms with van der Waals surface area (Å²) in [6.45, 7) is 5.63. The summed E-state index contributed by atoms with van der Waals surface area (Å²) in [6.07, 6.45) is 10.2. The highest BCUT2D eigenvalue weighted by Gasteiger charge is 2.16. The van der Waals surface area contributed by atoms with E-state index in [0.29, 0.717) is 57.4 Å². The summed E-state index contributed by atoms with van der Waals surface area (Å²) in [7, 11) is 1.57. The monoisotopic (exact) mass is 476 g/mol. The molecule has 1 heterocycles. The van der Waals surface area contributed by atoms with Gasteiger partial charge in [-0.2, -0.15) is 0 Å². The number of nitrogens with zero attached hydrogens (tertiary/aromatic N) is 2. The maximum absolute atomic E-state index is 12.2. The number of hydroxylamine groups is 2. The van der Waals surface area contributed by atoms with E-state index < -0.39 is 5.91 Å². The van der Waals surface area contributed by atoms with Crippen molar-refractivity contribution in [1.82, 2.24) is 9.96 Å². The number of amides is 2. The van der Waals surface area contributed by atoms with Gasteiger partial charge in [-0.15, -0.1) is 0 Å². The largest absolute Gasteiger partial charge is 0.493 e. The topological polar surface area (TPSA) is 88.5 Å². The van der Waals surface area contributed by atoms with E-state index in [9.17, 15) is 14.8 Å². The Hall–Kier alpha value is -2.58. The zero-order valence-electron chi connectivity index (χ0n) is 20.7. The van der Waals surface area contributed by atoms with E-state index in [2.05, 4.69) is 6.92 Å². The molecule has 0 aromatic heterocycles. The first-order valence-corrected chi connectivity index (χ1v) is 12.4. The summed E-state index contributed by atoms with van der Waals surface area (Å²) in [5.41, 5.74) is 0.776. The van der Waals surface area contributed by atoms with Crippen LogP contribution in [0.15, 0.2) is 24.3 Å². The van der Waals surface area contributed by atoms with Crippen molar-refractivity contribution in [2.75, 3.05) is 46.6 Å². The molecule has 190 valence electrons. The van der Waals surface area contributed by atoms with Gasteiger partial charge in [-0.25, -0.2) is 5.06 Å². The van der Waals surface area contributed by atoms with Crippen LogP contribution in [0.3, 0.4) is 0 Å². The molecule has 0 atom stereocenters. The van der Waals surface area contributed by atoms with E-state index in [1.54, 1.807) is 19.3 Å². The van der Waals surface area contributed by atoms with Crippen molar-refractivity contribution in [2.45, 2.75) is 58.3 Å². The zero-order valence-corrected chi connectivity index (χ0v) is 20.7. The molecule has 0 bridgehead atoms. The summed E-state index contributed by atoms with van der Waals surface area (Å²) >= 11 is 0. The molecule has 1 aliphatic rings. The van der Waals surface area contributed by atoms with Gasteiger partial charge in [0.15, 0.2) is 11.5 Å². The molecular formula is C26H40N2O6. The number of hydrogen-bond acceptors (Lipinski definition) is 6. The molecule has 0 saturated carbocycles. The molecule has 8 heteroatoms. The van der Waals surface area contributed by atoms with Crippen LogP contribution in [0.2, 0.25) is 0 Å². The number of morpholine rings is 1. The Morgan fingerprint density at radius 3 is 2.59 bits per heavy atom. The van der Waals surface area contributed by atoms with Gasteiger partial charge in [-0.3, -0.25) is 14.8 Å². The van der Waals surface area contributed by atoms with Crippen molar-refractivity contribution in [3.05, 3.63) is 29.8 Å². The highest BCUT2D eigenvalue weighted by molar-refractivity contribution is 5.91. The van der Waals surface area contributed by atoms with Gasteiger partial charge >= 0.3 is 0 Å². The Bertz CT molecular complexity index is 777. The number of ether oxygens (including phenoxy) is 3. The Balaban J connectivity index is 1.70. The SMILES string of the molecule is CCCCCCN(O)C(=O)C=Cc1ccc(OCCCCCC(=O)N2CCOCC2)c(OC)c1. The normalized spacial score (nSPS) is 13.8. The van der Waals surface area contributed by atoms with Crippen LogP contribution in [0.5, 0.6) is 11.5 Å². The fourth-order valence-corrected chi connectivity index (χ4v) is 3.67. The number of hydrogen-bond donors (Lipinski definition) is 1. The average molecular weight is 477 g/mol. The van der Waals surface area contributed by atoms with Crippen LogP contribution in [-0.2, 0) is 14.3 Å². The lowest BCUT2D eigenvalue weighted by Crippen LogP contribution is -2.40. The van der Waals surface area contributed by atoms with Crippen LogP contribution in [0.25, 0.3) is 6.08 Å². The standard InChI is InChI=1S/C26H40N2O6/c1-3-4-5-8-15-28(31)26(30)14-12-22-11-13-23(24(21-22)32-2)34-18-9-6-7-10-25(29)27-16-19-33-20-17-27/h11-14,21,31H,3-10,15-20H2,1-2H3. The number of unbranched alkanes of at least 4 members (excludes halogenated alkanes) is 5. The van der Waals surface area contributed by atoms with E-state index >= 15 is 0 Å². The summed E-state index contributed by atoms with van der Waals surface area (Å²) < 4.78 is 16.6. The average Bonchev–Trinajstić information content (AvgIpc) is 2.87. The third-order valence-corrected chi connectivity index (χ3v) is 5.74. The number of benzene rings is 1. The number of carbonyl (C=O) groups excluding carboxylic acids is 2. The first kappa shape index (κ1) is 27.7. The Labute approximate surface area is 203 Å². The van der Waals surface area contributed by atoms with Gasteiger partial charge in [0.1, 0.15) is 0 Å². The summed E-state index contributed by atoms with van der Waals surface area (Å²) in [6, 6.07) is 5.45. The molecule has 0 radical (unpaired) electrons. The van der Waals surface area contributed by atoms with Crippen LogP contribution < -0.4 is 9.47 Å². The molecule has 2 amide bonds. The second-order valence-corrected chi connectivity index (χ2v) is 8.42. The minimum atomic E-state index is -0.442. The van der Waals surface area contributed by atoms with E-state index in [0.717, 1.165) is 55.6 Å². The lowest BCUT2D eigenvalue weighted by molar-refractivity contribution is -0.159. The molecule has 8 nitrogen and oxygen atoms in total. The van der Waals surface area contributed by atoms with Gasteiger partial charge in [-0.05, 0) is 49.5 Å². The van der Waals surface area contributed by atoms with Crippen LogP contribution >= 0.6 is 0 Å². The van der Waals surface area contributed by atoms with Crippen LogP contribution in [0.4, 0.5) is 0 Å². The Morgan fingerprint density at radius 1 is 1.09 bits per heavy atom. The van der Waals surface area contributed by atoms with E-state index in [-0.39, 0.29) is 5.91 Å². The molecule has 0 aliphatic carbocycles. The summed E-state index contributed by atoms with van der Waals surface area (Å²) in [5.74, 6) is 0.976. The maximum Gasteiger partial charge on any atom is 0.269 e. The highest BCUT2D eigenvalue weighted by Crippen LogP contribution is 2.29. The maximum atomic E-state index is 12.2. The fourth-order valence-electron chi connectivity index (χ4n) is 3.67. The lowest BCUT2D eigenvalue weighted by Gasteiger charge is -2.26. The minimum absolute atomic E-state index is 0.203. The van der Waals surface area contributed by atoms with Crippen LogP contribution in [0, 0.1) is 0 Å². The molecular weight excluding hydrogens is 436 g/mol. The van der Waals surface area contributed by atoms with Gasteiger partial charge in [0, 0.05) is 32.1 Å². The Kier molecular flexibility index (Phi) is 13.1. The van der Waals surface area contributed by atoms with Gasteiger partial charge < -0.3 is 19.1 Å². The van der Waals surface area contributed by atoms with E-state index in [1.165, 1.54) is 6.08 Å². The van der Waals surface area contributed by atoms with Gasteiger partial charge in [0.25, 0.3) is 5.91 Å². The third-order valence-electron chi connectivity index (χ3n) is 5.74. The molecule has 1 aliphatic heterocycles. The smallest absolute Gasteiger partial charge is 0.269 e. The molecule has 0 unspecified atom stereocenters. The van der Waals surface area contributed by atoms with E-state index in [1.807, 2.05) is 17.0 Å². The predicted octanol–water partition coefficient (Wildman–Crippen LogP) is 4.30. The predicted molar refractivity (Wildman–Crippen MR) is 131 cm³/mol. The van der Waals surface area contributed by atoms with Crippen molar-refractivity contribution in [3.63, 3.8) is 0 Å². The quantitative estimate of drug-likeness (QED) is 0.176. The van der Waals surface area contributed by atoms with Crippen molar-refractivity contribution in [1.29, 1.82) is 0 Å². The summed E-state index contributed by atoms with van der Waals surface area (Å²) in [5, 5.41) is 10.6. The number of carbonyl (C=O) groups is 2.